The topological polar surface area (TPSA) is 29.3 Å². The predicted molar refractivity (Wildman–Crippen MR) is 76.3 cm³/mol. The molecule has 94 valence electrons. The Kier molecular flexibility index (Phi) is 4.89. The van der Waals surface area contributed by atoms with Gasteiger partial charge in [0, 0.05) is 17.8 Å². The third kappa shape index (κ3) is 3.73. The average molecular weight is 250 g/mol. The largest absolute Gasteiger partial charge is 0.324 e. The molecule has 2 atom stereocenters. The fourth-order valence-corrected chi connectivity index (χ4v) is 3.56. The second kappa shape index (κ2) is 6.43. The Hall–Kier alpha value is -0.510. The molecule has 1 aromatic carbocycles. The van der Waals surface area contributed by atoms with Gasteiger partial charge in [-0.05, 0) is 37.8 Å². The van der Waals surface area contributed by atoms with E-state index in [9.17, 15) is 0 Å². The number of hydrogen-bond acceptors (Lipinski definition) is 3. The molecule has 0 aromatic heterocycles. The van der Waals surface area contributed by atoms with Crippen molar-refractivity contribution in [3.8, 4) is 0 Å². The van der Waals surface area contributed by atoms with Gasteiger partial charge in [-0.15, -0.1) is 0 Å². The van der Waals surface area contributed by atoms with Crippen molar-refractivity contribution in [2.75, 3.05) is 25.1 Å². The van der Waals surface area contributed by atoms with Crippen LogP contribution in [0.1, 0.15) is 24.4 Å². The van der Waals surface area contributed by atoms with E-state index in [0.29, 0.717) is 0 Å². The Balaban J connectivity index is 1.77. The fraction of sp³-hybridized carbons (Fsp3) is 0.571. The van der Waals surface area contributed by atoms with Crippen LogP contribution in [0.5, 0.6) is 0 Å². The summed E-state index contributed by atoms with van der Waals surface area (Å²) in [5, 5.41) is 0. The molecule has 0 saturated carbocycles. The summed E-state index contributed by atoms with van der Waals surface area (Å²) in [6, 6.07) is 11.3. The van der Waals surface area contributed by atoms with Crippen molar-refractivity contribution in [3.63, 3.8) is 0 Å². The fourth-order valence-electron chi connectivity index (χ4n) is 2.26. The van der Waals surface area contributed by atoms with E-state index < -0.39 is 0 Å². The second-order valence-corrected chi connectivity index (χ2v) is 5.95. The molecule has 2 rings (SSSR count). The molecule has 1 aliphatic heterocycles. The Morgan fingerprint density at radius 3 is 2.82 bits per heavy atom. The summed E-state index contributed by atoms with van der Waals surface area (Å²) in [5.41, 5.74) is 7.46. The zero-order valence-corrected chi connectivity index (χ0v) is 11.3. The minimum Gasteiger partial charge on any atom is -0.324 e. The van der Waals surface area contributed by atoms with Gasteiger partial charge in [-0.2, -0.15) is 11.8 Å². The van der Waals surface area contributed by atoms with Gasteiger partial charge in [0.25, 0.3) is 0 Å². The van der Waals surface area contributed by atoms with Crippen LogP contribution in [0, 0.1) is 0 Å². The molecule has 17 heavy (non-hydrogen) atoms. The smallest absolute Gasteiger partial charge is 0.0307 e. The SMILES string of the molecule is CN(CCC(N)c1ccccc1)C1CCSC1. The third-order valence-electron chi connectivity index (χ3n) is 3.55. The summed E-state index contributed by atoms with van der Waals surface area (Å²) in [5.74, 6) is 2.61. The van der Waals surface area contributed by atoms with Gasteiger partial charge < -0.3 is 10.6 Å². The molecule has 0 aliphatic carbocycles. The lowest BCUT2D eigenvalue weighted by atomic mass is 10.0. The van der Waals surface area contributed by atoms with Crippen LogP contribution in [0.4, 0.5) is 0 Å². The van der Waals surface area contributed by atoms with Gasteiger partial charge in [0.15, 0.2) is 0 Å². The summed E-state index contributed by atoms with van der Waals surface area (Å²) >= 11 is 2.07. The van der Waals surface area contributed by atoms with Crippen LogP contribution in [0.3, 0.4) is 0 Å². The lowest BCUT2D eigenvalue weighted by molar-refractivity contribution is 0.253. The van der Waals surface area contributed by atoms with Crippen LogP contribution in [-0.4, -0.2) is 36.0 Å². The van der Waals surface area contributed by atoms with E-state index in [0.717, 1.165) is 19.0 Å². The van der Waals surface area contributed by atoms with Crippen molar-refractivity contribution in [3.05, 3.63) is 35.9 Å². The lowest BCUT2D eigenvalue weighted by Gasteiger charge is -2.25. The van der Waals surface area contributed by atoms with Crippen molar-refractivity contribution in [1.82, 2.24) is 4.90 Å². The number of rotatable bonds is 5. The molecule has 1 saturated heterocycles. The maximum atomic E-state index is 6.21. The van der Waals surface area contributed by atoms with E-state index in [2.05, 4.69) is 48.0 Å². The minimum atomic E-state index is 0.174. The first kappa shape index (κ1) is 12.9. The van der Waals surface area contributed by atoms with Crippen molar-refractivity contribution in [2.24, 2.45) is 5.73 Å². The van der Waals surface area contributed by atoms with Crippen molar-refractivity contribution in [2.45, 2.75) is 24.9 Å². The molecular formula is C14H22N2S. The highest BCUT2D eigenvalue weighted by Gasteiger charge is 2.20. The molecule has 2 nitrogen and oxygen atoms in total. The Bertz CT molecular complexity index is 322. The first-order valence-corrected chi connectivity index (χ1v) is 7.51. The lowest BCUT2D eigenvalue weighted by Crippen LogP contribution is -2.33. The van der Waals surface area contributed by atoms with Crippen molar-refractivity contribution in [1.29, 1.82) is 0 Å². The van der Waals surface area contributed by atoms with E-state index >= 15 is 0 Å². The van der Waals surface area contributed by atoms with Gasteiger partial charge in [-0.3, -0.25) is 0 Å². The Morgan fingerprint density at radius 1 is 1.41 bits per heavy atom. The normalized spacial score (nSPS) is 21.9. The molecule has 0 spiro atoms. The van der Waals surface area contributed by atoms with Gasteiger partial charge >= 0.3 is 0 Å². The van der Waals surface area contributed by atoms with E-state index in [1.54, 1.807) is 0 Å². The minimum absolute atomic E-state index is 0.174. The van der Waals surface area contributed by atoms with E-state index in [4.69, 9.17) is 5.73 Å². The molecule has 3 heteroatoms. The van der Waals surface area contributed by atoms with E-state index in [1.807, 2.05) is 6.07 Å². The first-order valence-electron chi connectivity index (χ1n) is 6.36. The molecule has 1 fully saturated rings. The van der Waals surface area contributed by atoms with Crippen LogP contribution < -0.4 is 5.73 Å². The van der Waals surface area contributed by atoms with Crippen molar-refractivity contribution >= 4 is 11.8 Å². The molecule has 0 amide bonds. The summed E-state index contributed by atoms with van der Waals surface area (Å²) in [6.07, 6.45) is 2.38. The molecule has 2 unspecified atom stereocenters. The van der Waals surface area contributed by atoms with E-state index in [1.165, 1.54) is 23.5 Å². The highest BCUT2D eigenvalue weighted by Crippen LogP contribution is 2.22. The average Bonchev–Trinajstić information content (AvgIpc) is 2.90. The predicted octanol–water partition coefficient (Wildman–Crippen LogP) is 2.51. The summed E-state index contributed by atoms with van der Waals surface area (Å²) in [4.78, 5) is 2.48. The standard InChI is InChI=1S/C14H22N2S/c1-16(13-8-10-17-11-13)9-7-14(15)12-5-3-2-4-6-12/h2-6,13-14H,7-11,15H2,1H3. The van der Waals surface area contributed by atoms with Gasteiger partial charge in [0.05, 0.1) is 0 Å². The monoisotopic (exact) mass is 250 g/mol. The zero-order chi connectivity index (χ0) is 12.1. The van der Waals surface area contributed by atoms with Gasteiger partial charge in [-0.25, -0.2) is 0 Å². The number of nitrogens with zero attached hydrogens (tertiary/aromatic N) is 1. The molecule has 2 N–H and O–H groups in total. The van der Waals surface area contributed by atoms with Crippen LogP contribution in [0.25, 0.3) is 0 Å². The van der Waals surface area contributed by atoms with Gasteiger partial charge in [0.1, 0.15) is 0 Å². The number of hydrogen-bond donors (Lipinski definition) is 1. The van der Waals surface area contributed by atoms with E-state index in [-0.39, 0.29) is 6.04 Å². The molecule has 1 aliphatic rings. The van der Waals surface area contributed by atoms with Crippen LogP contribution >= 0.6 is 11.8 Å². The van der Waals surface area contributed by atoms with Crippen LogP contribution in [-0.2, 0) is 0 Å². The number of thioether (sulfide) groups is 1. The summed E-state index contributed by atoms with van der Waals surface area (Å²) in [7, 11) is 2.23. The number of nitrogens with two attached hydrogens (primary N) is 1. The summed E-state index contributed by atoms with van der Waals surface area (Å²) < 4.78 is 0. The zero-order valence-electron chi connectivity index (χ0n) is 10.5. The van der Waals surface area contributed by atoms with Crippen LogP contribution in [0.15, 0.2) is 30.3 Å². The van der Waals surface area contributed by atoms with Gasteiger partial charge in [-0.1, -0.05) is 30.3 Å². The molecule has 1 aromatic rings. The van der Waals surface area contributed by atoms with Crippen molar-refractivity contribution < 1.29 is 0 Å². The first-order chi connectivity index (χ1) is 8.27. The Morgan fingerprint density at radius 2 is 2.18 bits per heavy atom. The molecule has 1 heterocycles. The maximum Gasteiger partial charge on any atom is 0.0307 e. The summed E-state index contributed by atoms with van der Waals surface area (Å²) in [6.45, 7) is 1.10. The quantitative estimate of drug-likeness (QED) is 0.870. The number of benzene rings is 1. The van der Waals surface area contributed by atoms with Crippen LogP contribution in [0.2, 0.25) is 0 Å². The molecular weight excluding hydrogens is 228 g/mol. The molecule has 0 radical (unpaired) electrons. The second-order valence-electron chi connectivity index (χ2n) is 4.80. The Labute approximate surface area is 109 Å². The highest BCUT2D eigenvalue weighted by atomic mass is 32.2. The third-order valence-corrected chi connectivity index (χ3v) is 4.69. The maximum absolute atomic E-state index is 6.21. The van der Waals surface area contributed by atoms with Gasteiger partial charge in [0.2, 0.25) is 0 Å². The highest BCUT2D eigenvalue weighted by molar-refractivity contribution is 7.99. The molecule has 0 bridgehead atoms.